The van der Waals surface area contributed by atoms with Gasteiger partial charge in [-0.15, -0.1) is 0 Å². The molecule has 0 aliphatic carbocycles. The van der Waals surface area contributed by atoms with Gasteiger partial charge >= 0.3 is 18.2 Å². The van der Waals surface area contributed by atoms with Gasteiger partial charge in [0.2, 0.25) is 0 Å². The van der Waals surface area contributed by atoms with Crippen LogP contribution in [0.15, 0.2) is 66.7 Å². The average Bonchev–Trinajstić information content (AvgIpc) is 3.21. The third-order valence-electron chi connectivity index (χ3n) is 6.80. The molecule has 1 aliphatic heterocycles. The van der Waals surface area contributed by atoms with Crippen LogP contribution in [0.3, 0.4) is 0 Å². The number of rotatable bonds is 9. The number of carbonyl (C=O) groups is 2. The number of alkyl halides is 3. The molecule has 0 spiro atoms. The molecule has 0 bridgehead atoms. The molecule has 3 aromatic rings. The van der Waals surface area contributed by atoms with Crippen LogP contribution in [0.25, 0.3) is 0 Å². The summed E-state index contributed by atoms with van der Waals surface area (Å²) < 4.78 is 63.2. The fraction of sp³-hybridized carbons (Fsp3) is 0.333. The van der Waals surface area contributed by atoms with Crippen molar-refractivity contribution in [2.24, 2.45) is 0 Å². The normalized spacial score (nSPS) is 17.8. The van der Waals surface area contributed by atoms with E-state index in [1.807, 2.05) is 30.3 Å². The minimum Gasteiger partial charge on any atom is -0.493 e. The van der Waals surface area contributed by atoms with E-state index in [2.05, 4.69) is 0 Å². The first-order valence-corrected chi connectivity index (χ1v) is 12.8. The van der Waals surface area contributed by atoms with Gasteiger partial charge in [-0.25, -0.2) is 4.79 Å². The molecule has 1 heterocycles. The van der Waals surface area contributed by atoms with E-state index in [9.17, 15) is 22.8 Å². The van der Waals surface area contributed by atoms with E-state index in [1.165, 1.54) is 18.1 Å². The van der Waals surface area contributed by atoms with Crippen LogP contribution in [-0.2, 0) is 27.0 Å². The van der Waals surface area contributed by atoms with E-state index in [0.29, 0.717) is 11.3 Å². The van der Waals surface area contributed by atoms with Crippen LogP contribution in [0.1, 0.15) is 55.0 Å². The first-order chi connectivity index (χ1) is 19.0. The molecule has 1 amide bonds. The molecule has 7 nitrogen and oxygen atoms in total. The van der Waals surface area contributed by atoms with E-state index in [1.54, 1.807) is 39.0 Å². The van der Waals surface area contributed by atoms with Gasteiger partial charge in [-0.1, -0.05) is 36.4 Å². The number of hydrogen-bond donors (Lipinski definition) is 0. The van der Waals surface area contributed by atoms with Gasteiger partial charge in [-0.3, -0.25) is 9.69 Å². The summed E-state index contributed by atoms with van der Waals surface area (Å²) in [5, 5.41) is 0. The molecule has 4 rings (SSSR count). The van der Waals surface area contributed by atoms with Crippen LogP contribution in [0.5, 0.6) is 17.2 Å². The summed E-state index contributed by atoms with van der Waals surface area (Å²) in [6.45, 7) is 5.19. The maximum absolute atomic E-state index is 13.7. The zero-order valence-electron chi connectivity index (χ0n) is 22.5. The van der Waals surface area contributed by atoms with Gasteiger partial charge in [0.05, 0.1) is 37.8 Å². The Hall–Kier alpha value is -4.21. The summed E-state index contributed by atoms with van der Waals surface area (Å²) in [4.78, 5) is 26.5. The monoisotopic (exact) mass is 557 g/mol. The standard InChI is InChI=1S/C30H30F3NO6/c1-5-38-28(35)18(2)21-11-13-25(37-4)26(16-21)39-24-14-12-23(30(31,32)33)15-22(24)17-34-19(3)27(40-29(34)36)20-9-7-6-8-10-20/h6-16,18-19,27H,5,17H2,1-4H3. The summed E-state index contributed by atoms with van der Waals surface area (Å²) >= 11 is 0. The maximum atomic E-state index is 13.7. The van der Waals surface area contributed by atoms with Crippen molar-refractivity contribution >= 4 is 12.1 Å². The summed E-state index contributed by atoms with van der Waals surface area (Å²) in [6, 6.07) is 16.6. The average molecular weight is 558 g/mol. The molecule has 1 aliphatic rings. The molecule has 3 unspecified atom stereocenters. The number of hydrogen-bond acceptors (Lipinski definition) is 6. The van der Waals surface area contributed by atoms with Crippen molar-refractivity contribution in [3.05, 3.63) is 89.0 Å². The summed E-state index contributed by atoms with van der Waals surface area (Å²) in [5.74, 6) is -0.450. The largest absolute Gasteiger partial charge is 0.493 e. The predicted octanol–water partition coefficient (Wildman–Crippen LogP) is 7.25. The zero-order valence-corrected chi connectivity index (χ0v) is 22.5. The highest BCUT2D eigenvalue weighted by Crippen LogP contribution is 2.40. The lowest BCUT2D eigenvalue weighted by Gasteiger charge is -2.23. The zero-order chi connectivity index (χ0) is 29.0. The highest BCUT2D eigenvalue weighted by Gasteiger charge is 2.40. The van der Waals surface area contributed by atoms with Crippen molar-refractivity contribution in [3.8, 4) is 17.2 Å². The Kier molecular flexibility index (Phi) is 8.56. The molecule has 40 heavy (non-hydrogen) atoms. The first-order valence-electron chi connectivity index (χ1n) is 12.8. The molecule has 3 atom stereocenters. The topological polar surface area (TPSA) is 74.3 Å². The smallest absolute Gasteiger partial charge is 0.416 e. The van der Waals surface area contributed by atoms with Crippen LogP contribution < -0.4 is 9.47 Å². The maximum Gasteiger partial charge on any atom is 0.416 e. The van der Waals surface area contributed by atoms with E-state index in [0.717, 1.165) is 17.7 Å². The molecule has 10 heteroatoms. The van der Waals surface area contributed by atoms with Gasteiger partial charge in [0, 0.05) is 5.56 Å². The lowest BCUT2D eigenvalue weighted by Crippen LogP contribution is -2.31. The number of amides is 1. The van der Waals surface area contributed by atoms with E-state index < -0.39 is 41.9 Å². The molecule has 0 radical (unpaired) electrons. The molecule has 3 aromatic carbocycles. The highest BCUT2D eigenvalue weighted by molar-refractivity contribution is 5.78. The molecular formula is C30H30F3NO6. The summed E-state index contributed by atoms with van der Waals surface area (Å²) in [5.41, 5.74) is 0.596. The van der Waals surface area contributed by atoms with E-state index in [-0.39, 0.29) is 30.2 Å². The summed E-state index contributed by atoms with van der Waals surface area (Å²) in [6.07, 6.45) is -5.83. The Morgan fingerprint density at radius 3 is 2.38 bits per heavy atom. The number of esters is 1. The Morgan fingerprint density at radius 2 is 1.73 bits per heavy atom. The molecular weight excluding hydrogens is 527 g/mol. The van der Waals surface area contributed by atoms with Gasteiger partial charge in [0.25, 0.3) is 0 Å². The van der Waals surface area contributed by atoms with Gasteiger partial charge in [-0.05, 0) is 62.2 Å². The third-order valence-corrected chi connectivity index (χ3v) is 6.80. The van der Waals surface area contributed by atoms with Crippen molar-refractivity contribution in [3.63, 3.8) is 0 Å². The first kappa shape index (κ1) is 28.8. The Bertz CT molecular complexity index is 1360. The number of halogens is 3. The van der Waals surface area contributed by atoms with E-state index in [4.69, 9.17) is 18.9 Å². The molecule has 212 valence electrons. The molecule has 0 saturated carbocycles. The Balaban J connectivity index is 1.69. The number of carbonyl (C=O) groups excluding carboxylic acids is 2. The number of nitrogens with zero attached hydrogens (tertiary/aromatic N) is 1. The fourth-order valence-electron chi connectivity index (χ4n) is 4.53. The molecule has 0 aromatic heterocycles. The van der Waals surface area contributed by atoms with E-state index >= 15 is 0 Å². The predicted molar refractivity (Wildman–Crippen MR) is 140 cm³/mol. The lowest BCUT2D eigenvalue weighted by molar-refractivity contribution is -0.144. The Labute approximate surface area is 230 Å². The molecule has 1 saturated heterocycles. The second-order valence-corrected chi connectivity index (χ2v) is 9.39. The second kappa shape index (κ2) is 11.9. The van der Waals surface area contributed by atoms with Gasteiger partial charge in [0.1, 0.15) is 11.9 Å². The SMILES string of the molecule is CCOC(=O)C(C)c1ccc(OC)c(Oc2ccc(C(F)(F)F)cc2CN2C(=O)OC(c3ccccc3)C2C)c1. The number of benzene rings is 3. The molecule has 1 fully saturated rings. The van der Waals surface area contributed by atoms with Crippen molar-refractivity contribution in [1.29, 1.82) is 0 Å². The minimum absolute atomic E-state index is 0.0930. The number of methoxy groups -OCH3 is 1. The fourth-order valence-corrected chi connectivity index (χ4v) is 4.53. The van der Waals surface area contributed by atoms with Crippen LogP contribution in [0.4, 0.5) is 18.0 Å². The van der Waals surface area contributed by atoms with Crippen LogP contribution in [0, 0.1) is 0 Å². The van der Waals surface area contributed by atoms with Gasteiger partial charge < -0.3 is 18.9 Å². The number of cyclic esters (lactones) is 1. The van der Waals surface area contributed by atoms with Crippen molar-refractivity contribution in [2.45, 2.75) is 51.6 Å². The van der Waals surface area contributed by atoms with Crippen molar-refractivity contribution in [2.75, 3.05) is 13.7 Å². The number of ether oxygens (including phenoxy) is 4. The minimum atomic E-state index is -4.61. The van der Waals surface area contributed by atoms with Gasteiger partial charge in [-0.2, -0.15) is 13.2 Å². The quantitative estimate of drug-likeness (QED) is 0.258. The van der Waals surface area contributed by atoms with Gasteiger partial charge in [0.15, 0.2) is 11.5 Å². The van der Waals surface area contributed by atoms with Crippen LogP contribution in [0.2, 0.25) is 0 Å². The van der Waals surface area contributed by atoms with Crippen LogP contribution in [-0.4, -0.2) is 36.7 Å². The second-order valence-electron chi connectivity index (χ2n) is 9.39. The van der Waals surface area contributed by atoms with Crippen LogP contribution >= 0.6 is 0 Å². The van der Waals surface area contributed by atoms with Crippen molar-refractivity contribution < 1.29 is 41.7 Å². The molecule has 0 N–H and O–H groups in total. The highest BCUT2D eigenvalue weighted by atomic mass is 19.4. The summed E-state index contributed by atoms with van der Waals surface area (Å²) in [7, 11) is 1.43. The Morgan fingerprint density at radius 1 is 1.02 bits per heavy atom. The lowest BCUT2D eigenvalue weighted by atomic mass is 10.0. The third kappa shape index (κ3) is 6.16. The van der Waals surface area contributed by atoms with Crippen molar-refractivity contribution in [1.82, 2.24) is 4.90 Å².